The SMILES string of the molecule is Nc1cc(C(=O)NCCc2ccccc2)cc(Cl)n1. The van der Waals surface area contributed by atoms with Gasteiger partial charge in [0.2, 0.25) is 0 Å². The number of carbonyl (C=O) groups is 1. The molecule has 19 heavy (non-hydrogen) atoms. The Morgan fingerprint density at radius 2 is 2.00 bits per heavy atom. The number of aromatic nitrogens is 1. The Morgan fingerprint density at radius 3 is 2.68 bits per heavy atom. The van der Waals surface area contributed by atoms with Gasteiger partial charge < -0.3 is 11.1 Å². The summed E-state index contributed by atoms with van der Waals surface area (Å²) in [4.78, 5) is 15.7. The number of rotatable bonds is 4. The molecule has 0 spiro atoms. The van der Waals surface area contributed by atoms with Crippen molar-refractivity contribution in [3.8, 4) is 0 Å². The van der Waals surface area contributed by atoms with Crippen molar-refractivity contribution in [2.24, 2.45) is 0 Å². The monoisotopic (exact) mass is 275 g/mol. The molecule has 1 amide bonds. The lowest BCUT2D eigenvalue weighted by atomic mass is 10.1. The third-order valence-corrected chi connectivity index (χ3v) is 2.81. The standard InChI is InChI=1S/C14H14ClN3O/c15-12-8-11(9-13(16)18-12)14(19)17-7-6-10-4-2-1-3-5-10/h1-5,8-9H,6-7H2,(H2,16,18)(H,17,19). The summed E-state index contributed by atoms with van der Waals surface area (Å²) in [5.41, 5.74) is 7.14. The molecular formula is C14H14ClN3O. The van der Waals surface area contributed by atoms with Gasteiger partial charge in [0.05, 0.1) is 0 Å². The van der Waals surface area contributed by atoms with E-state index in [1.165, 1.54) is 17.7 Å². The van der Waals surface area contributed by atoms with E-state index in [-0.39, 0.29) is 16.9 Å². The van der Waals surface area contributed by atoms with Crippen molar-refractivity contribution in [3.63, 3.8) is 0 Å². The number of nitrogen functional groups attached to an aromatic ring is 1. The van der Waals surface area contributed by atoms with Crippen LogP contribution < -0.4 is 11.1 Å². The zero-order valence-electron chi connectivity index (χ0n) is 10.3. The van der Waals surface area contributed by atoms with E-state index >= 15 is 0 Å². The van der Waals surface area contributed by atoms with Crippen molar-refractivity contribution < 1.29 is 4.79 Å². The number of nitrogens with one attached hydrogen (secondary N) is 1. The number of nitrogens with two attached hydrogens (primary N) is 1. The first kappa shape index (κ1) is 13.4. The molecule has 0 radical (unpaired) electrons. The fraction of sp³-hybridized carbons (Fsp3) is 0.143. The molecule has 0 bridgehead atoms. The van der Waals surface area contributed by atoms with Gasteiger partial charge in [0.15, 0.2) is 0 Å². The largest absolute Gasteiger partial charge is 0.384 e. The van der Waals surface area contributed by atoms with Gasteiger partial charge in [0.1, 0.15) is 11.0 Å². The molecule has 1 aromatic heterocycles. The summed E-state index contributed by atoms with van der Waals surface area (Å²) < 4.78 is 0. The summed E-state index contributed by atoms with van der Waals surface area (Å²) in [6, 6.07) is 12.9. The maximum atomic E-state index is 11.9. The summed E-state index contributed by atoms with van der Waals surface area (Å²) in [5, 5.41) is 3.04. The molecule has 1 aromatic carbocycles. The van der Waals surface area contributed by atoms with Crippen LogP contribution in [0, 0.1) is 0 Å². The second-order valence-electron chi connectivity index (χ2n) is 4.09. The molecule has 3 N–H and O–H groups in total. The van der Waals surface area contributed by atoms with Crippen molar-refractivity contribution in [3.05, 3.63) is 58.7 Å². The summed E-state index contributed by atoms with van der Waals surface area (Å²) in [7, 11) is 0. The highest BCUT2D eigenvalue weighted by molar-refractivity contribution is 6.29. The van der Waals surface area contributed by atoms with E-state index in [4.69, 9.17) is 17.3 Å². The zero-order chi connectivity index (χ0) is 13.7. The second-order valence-corrected chi connectivity index (χ2v) is 4.48. The highest BCUT2D eigenvalue weighted by Gasteiger charge is 2.07. The Labute approximate surface area is 116 Å². The average Bonchev–Trinajstić information content (AvgIpc) is 2.38. The Balaban J connectivity index is 1.91. The van der Waals surface area contributed by atoms with E-state index in [2.05, 4.69) is 10.3 Å². The molecule has 0 fully saturated rings. The van der Waals surface area contributed by atoms with E-state index in [0.29, 0.717) is 12.1 Å². The highest BCUT2D eigenvalue weighted by Crippen LogP contribution is 2.11. The molecule has 0 atom stereocenters. The van der Waals surface area contributed by atoms with Crippen molar-refractivity contribution >= 4 is 23.3 Å². The number of hydrogen-bond donors (Lipinski definition) is 2. The van der Waals surface area contributed by atoms with Gasteiger partial charge in [-0.3, -0.25) is 4.79 Å². The molecule has 5 heteroatoms. The minimum absolute atomic E-state index is 0.202. The lowest BCUT2D eigenvalue weighted by molar-refractivity contribution is 0.0954. The van der Waals surface area contributed by atoms with Gasteiger partial charge in [0.25, 0.3) is 5.91 Å². The number of benzene rings is 1. The Bertz CT molecular complexity index is 552. The molecule has 0 aliphatic rings. The van der Waals surface area contributed by atoms with Crippen LogP contribution in [-0.2, 0) is 6.42 Å². The van der Waals surface area contributed by atoms with Crippen LogP contribution >= 0.6 is 11.6 Å². The van der Waals surface area contributed by atoms with E-state index < -0.39 is 0 Å². The van der Waals surface area contributed by atoms with Crippen LogP contribution in [-0.4, -0.2) is 17.4 Å². The normalized spacial score (nSPS) is 10.2. The predicted octanol–water partition coefficient (Wildman–Crippen LogP) is 2.29. The quantitative estimate of drug-likeness (QED) is 0.841. The molecule has 1 heterocycles. The molecule has 0 saturated heterocycles. The first-order valence-electron chi connectivity index (χ1n) is 5.90. The third-order valence-electron chi connectivity index (χ3n) is 2.62. The van der Waals surface area contributed by atoms with Crippen molar-refractivity contribution in [1.29, 1.82) is 0 Å². The highest BCUT2D eigenvalue weighted by atomic mass is 35.5. The van der Waals surface area contributed by atoms with Crippen LogP contribution in [0.15, 0.2) is 42.5 Å². The van der Waals surface area contributed by atoms with Crippen molar-refractivity contribution in [2.45, 2.75) is 6.42 Å². The summed E-state index contributed by atoms with van der Waals surface area (Å²) in [5.74, 6) is 0.0349. The Morgan fingerprint density at radius 1 is 1.26 bits per heavy atom. The van der Waals surface area contributed by atoms with Crippen LogP contribution in [0.3, 0.4) is 0 Å². The minimum atomic E-state index is -0.202. The summed E-state index contributed by atoms with van der Waals surface area (Å²) >= 11 is 5.75. The number of amides is 1. The van der Waals surface area contributed by atoms with Crippen molar-refractivity contribution in [2.75, 3.05) is 12.3 Å². The first-order valence-corrected chi connectivity index (χ1v) is 6.28. The minimum Gasteiger partial charge on any atom is -0.384 e. The number of hydrogen-bond acceptors (Lipinski definition) is 3. The number of halogens is 1. The first-order chi connectivity index (χ1) is 9.15. The maximum Gasteiger partial charge on any atom is 0.251 e. The second kappa shape index (κ2) is 6.20. The maximum absolute atomic E-state index is 11.9. The Kier molecular flexibility index (Phi) is 4.36. The van der Waals surface area contributed by atoms with Crippen LogP contribution in [0.2, 0.25) is 5.15 Å². The van der Waals surface area contributed by atoms with E-state index in [9.17, 15) is 4.79 Å². The van der Waals surface area contributed by atoms with Gasteiger partial charge in [-0.15, -0.1) is 0 Å². The third kappa shape index (κ3) is 3.96. The van der Waals surface area contributed by atoms with Gasteiger partial charge in [-0.25, -0.2) is 4.98 Å². The molecule has 98 valence electrons. The number of anilines is 1. The van der Waals surface area contributed by atoms with Crippen LogP contribution in [0.25, 0.3) is 0 Å². The van der Waals surface area contributed by atoms with Crippen molar-refractivity contribution in [1.82, 2.24) is 10.3 Å². The van der Waals surface area contributed by atoms with Crippen LogP contribution in [0.5, 0.6) is 0 Å². The molecule has 0 aliphatic heterocycles. The molecule has 0 saturated carbocycles. The fourth-order valence-electron chi connectivity index (χ4n) is 1.72. The smallest absolute Gasteiger partial charge is 0.251 e. The Hall–Kier alpha value is -2.07. The summed E-state index contributed by atoms with van der Waals surface area (Å²) in [6.07, 6.45) is 0.779. The summed E-state index contributed by atoms with van der Waals surface area (Å²) in [6.45, 7) is 0.558. The molecular weight excluding hydrogens is 262 g/mol. The van der Waals surface area contributed by atoms with Gasteiger partial charge in [-0.2, -0.15) is 0 Å². The van der Waals surface area contributed by atoms with E-state index in [1.54, 1.807) is 0 Å². The molecule has 0 unspecified atom stereocenters. The van der Waals surface area contributed by atoms with E-state index in [1.807, 2.05) is 30.3 Å². The molecule has 4 nitrogen and oxygen atoms in total. The molecule has 2 rings (SSSR count). The van der Waals surface area contributed by atoms with Gasteiger partial charge in [-0.1, -0.05) is 41.9 Å². The number of carbonyl (C=O) groups excluding carboxylic acids is 1. The average molecular weight is 276 g/mol. The fourth-order valence-corrected chi connectivity index (χ4v) is 1.93. The predicted molar refractivity (Wildman–Crippen MR) is 76.1 cm³/mol. The zero-order valence-corrected chi connectivity index (χ0v) is 11.0. The lowest BCUT2D eigenvalue weighted by Gasteiger charge is -2.06. The topological polar surface area (TPSA) is 68.0 Å². The number of nitrogens with zero attached hydrogens (tertiary/aromatic N) is 1. The van der Waals surface area contributed by atoms with Crippen LogP contribution in [0.1, 0.15) is 15.9 Å². The van der Waals surface area contributed by atoms with Crippen LogP contribution in [0.4, 0.5) is 5.82 Å². The van der Waals surface area contributed by atoms with Gasteiger partial charge in [0, 0.05) is 12.1 Å². The van der Waals surface area contributed by atoms with Gasteiger partial charge >= 0.3 is 0 Å². The number of pyridine rings is 1. The molecule has 2 aromatic rings. The van der Waals surface area contributed by atoms with E-state index in [0.717, 1.165) is 6.42 Å². The lowest BCUT2D eigenvalue weighted by Crippen LogP contribution is -2.25. The van der Waals surface area contributed by atoms with Gasteiger partial charge in [-0.05, 0) is 24.1 Å². The molecule has 0 aliphatic carbocycles.